The largest absolute Gasteiger partial charge is 0.324 e. The summed E-state index contributed by atoms with van der Waals surface area (Å²) in [4.78, 5) is 0. The van der Waals surface area contributed by atoms with Gasteiger partial charge in [0.2, 0.25) is 0 Å². The van der Waals surface area contributed by atoms with Gasteiger partial charge in [0, 0.05) is 15.0 Å². The van der Waals surface area contributed by atoms with Gasteiger partial charge in [-0.1, -0.05) is 44.7 Å². The molecule has 18 heavy (non-hydrogen) atoms. The molecule has 2 fully saturated rings. The van der Waals surface area contributed by atoms with Crippen LogP contribution >= 0.6 is 31.9 Å². The van der Waals surface area contributed by atoms with Gasteiger partial charge in [-0.2, -0.15) is 0 Å². The van der Waals surface area contributed by atoms with Crippen LogP contribution in [0.5, 0.6) is 0 Å². The summed E-state index contributed by atoms with van der Waals surface area (Å²) in [5.74, 6) is 2.53. The molecule has 0 aliphatic heterocycles. The van der Waals surface area contributed by atoms with Crippen LogP contribution in [0.15, 0.2) is 21.1 Å². The number of aryl methyl sites for hydroxylation is 1. The SMILES string of the molecule is Cc1cc(Br)c(C(N)C2C3CCCCC32)cc1Br. The molecule has 0 heterocycles. The molecule has 3 atom stereocenters. The van der Waals surface area contributed by atoms with E-state index in [1.54, 1.807) is 0 Å². The van der Waals surface area contributed by atoms with E-state index in [4.69, 9.17) is 5.73 Å². The molecule has 3 unspecified atom stereocenters. The summed E-state index contributed by atoms with van der Waals surface area (Å²) < 4.78 is 2.33. The maximum Gasteiger partial charge on any atom is 0.0340 e. The summed E-state index contributed by atoms with van der Waals surface area (Å²) in [5, 5.41) is 0. The van der Waals surface area contributed by atoms with Gasteiger partial charge in [-0.15, -0.1) is 0 Å². The molecule has 0 bridgehead atoms. The van der Waals surface area contributed by atoms with Crippen LogP contribution in [-0.4, -0.2) is 0 Å². The third-order valence-corrected chi connectivity index (χ3v) is 6.32. The molecule has 3 heteroatoms. The average molecular weight is 373 g/mol. The molecule has 0 saturated heterocycles. The number of hydrogen-bond donors (Lipinski definition) is 1. The Morgan fingerprint density at radius 1 is 1.11 bits per heavy atom. The summed E-state index contributed by atoms with van der Waals surface area (Å²) in [6.07, 6.45) is 5.60. The van der Waals surface area contributed by atoms with Crippen molar-refractivity contribution in [2.45, 2.75) is 38.6 Å². The first kappa shape index (κ1) is 13.1. The van der Waals surface area contributed by atoms with Crippen LogP contribution in [0.25, 0.3) is 0 Å². The quantitative estimate of drug-likeness (QED) is 0.780. The lowest BCUT2D eigenvalue weighted by molar-refractivity contribution is 0.480. The van der Waals surface area contributed by atoms with Crippen LogP contribution in [0.2, 0.25) is 0 Å². The van der Waals surface area contributed by atoms with Gasteiger partial charge in [0.15, 0.2) is 0 Å². The molecule has 0 amide bonds. The third kappa shape index (κ3) is 2.19. The fourth-order valence-electron chi connectivity index (χ4n) is 3.70. The standard InChI is InChI=1S/C15H19Br2N/c1-8-6-13(17)11(7-12(8)16)15(18)14-9-4-2-3-5-10(9)14/h6-7,9-10,14-15H,2-5,18H2,1H3. The molecule has 0 aromatic heterocycles. The van der Waals surface area contributed by atoms with Crippen molar-refractivity contribution in [3.8, 4) is 0 Å². The first-order valence-electron chi connectivity index (χ1n) is 6.80. The first-order valence-corrected chi connectivity index (χ1v) is 8.39. The average Bonchev–Trinajstić information content (AvgIpc) is 3.07. The molecule has 1 aromatic carbocycles. The highest BCUT2D eigenvalue weighted by Gasteiger charge is 2.53. The Labute approximate surface area is 126 Å². The highest BCUT2D eigenvalue weighted by atomic mass is 79.9. The maximum atomic E-state index is 6.53. The third-order valence-electron chi connectivity index (χ3n) is 4.77. The number of nitrogens with two attached hydrogens (primary N) is 1. The highest BCUT2D eigenvalue weighted by Crippen LogP contribution is 2.60. The van der Waals surface area contributed by atoms with E-state index < -0.39 is 0 Å². The molecular weight excluding hydrogens is 354 g/mol. The van der Waals surface area contributed by atoms with Crippen LogP contribution in [0.1, 0.15) is 42.9 Å². The normalized spacial score (nSPS) is 31.9. The maximum absolute atomic E-state index is 6.53. The summed E-state index contributed by atoms with van der Waals surface area (Å²) >= 11 is 7.29. The molecule has 0 spiro atoms. The lowest BCUT2D eigenvalue weighted by Gasteiger charge is -2.16. The van der Waals surface area contributed by atoms with Gasteiger partial charge >= 0.3 is 0 Å². The zero-order valence-electron chi connectivity index (χ0n) is 10.6. The van der Waals surface area contributed by atoms with Crippen molar-refractivity contribution < 1.29 is 0 Å². The van der Waals surface area contributed by atoms with E-state index in [9.17, 15) is 0 Å². The zero-order chi connectivity index (χ0) is 12.9. The van der Waals surface area contributed by atoms with Crippen molar-refractivity contribution in [2.24, 2.45) is 23.5 Å². The van der Waals surface area contributed by atoms with Crippen molar-refractivity contribution in [3.63, 3.8) is 0 Å². The Bertz CT molecular complexity index is 460. The van der Waals surface area contributed by atoms with Crippen molar-refractivity contribution in [1.82, 2.24) is 0 Å². The zero-order valence-corrected chi connectivity index (χ0v) is 13.8. The van der Waals surface area contributed by atoms with Crippen LogP contribution < -0.4 is 5.73 Å². The Morgan fingerprint density at radius 2 is 1.72 bits per heavy atom. The molecule has 1 nitrogen and oxygen atoms in total. The lowest BCUT2D eigenvalue weighted by Crippen LogP contribution is -2.15. The Kier molecular flexibility index (Phi) is 3.59. The number of halogens is 2. The van der Waals surface area contributed by atoms with Gasteiger partial charge in [0.25, 0.3) is 0 Å². The van der Waals surface area contributed by atoms with Crippen LogP contribution in [0.4, 0.5) is 0 Å². The topological polar surface area (TPSA) is 26.0 Å². The molecule has 0 radical (unpaired) electrons. The Balaban J connectivity index is 1.85. The van der Waals surface area contributed by atoms with Crippen molar-refractivity contribution >= 4 is 31.9 Å². The molecule has 2 aliphatic rings. The molecule has 3 rings (SSSR count). The van der Waals surface area contributed by atoms with Gasteiger partial charge in [0.05, 0.1) is 0 Å². The molecular formula is C15H19Br2N. The molecule has 2 saturated carbocycles. The summed E-state index contributed by atoms with van der Waals surface area (Å²) in [6, 6.07) is 4.57. The molecule has 2 aliphatic carbocycles. The van der Waals surface area contributed by atoms with E-state index in [1.165, 1.54) is 45.8 Å². The second kappa shape index (κ2) is 4.92. The van der Waals surface area contributed by atoms with Crippen molar-refractivity contribution in [3.05, 3.63) is 32.2 Å². The van der Waals surface area contributed by atoms with Gasteiger partial charge < -0.3 is 5.73 Å². The van der Waals surface area contributed by atoms with Gasteiger partial charge in [0.1, 0.15) is 0 Å². The second-order valence-corrected chi connectivity index (χ2v) is 7.55. The van der Waals surface area contributed by atoms with Crippen molar-refractivity contribution in [2.75, 3.05) is 0 Å². The van der Waals surface area contributed by atoms with Crippen LogP contribution in [-0.2, 0) is 0 Å². The van der Waals surface area contributed by atoms with Gasteiger partial charge in [-0.05, 0) is 60.8 Å². The summed E-state index contributed by atoms with van der Waals surface area (Å²) in [6.45, 7) is 2.11. The minimum atomic E-state index is 0.198. The monoisotopic (exact) mass is 371 g/mol. The van der Waals surface area contributed by atoms with Crippen LogP contribution in [0.3, 0.4) is 0 Å². The number of benzene rings is 1. The number of fused-ring (bicyclic) bond motifs is 1. The van der Waals surface area contributed by atoms with E-state index in [0.29, 0.717) is 0 Å². The minimum Gasteiger partial charge on any atom is -0.324 e. The number of rotatable bonds is 2. The fraction of sp³-hybridized carbons (Fsp3) is 0.600. The van der Waals surface area contributed by atoms with Crippen molar-refractivity contribution in [1.29, 1.82) is 0 Å². The Hall–Kier alpha value is 0.140. The van der Waals surface area contributed by atoms with Gasteiger partial charge in [-0.3, -0.25) is 0 Å². The predicted octanol–water partition coefficient (Wildman–Crippen LogP) is 4.96. The molecule has 98 valence electrons. The molecule has 1 aromatic rings. The van der Waals surface area contributed by atoms with E-state index in [2.05, 4.69) is 50.9 Å². The summed E-state index contributed by atoms with van der Waals surface area (Å²) in [5.41, 5.74) is 9.05. The summed E-state index contributed by atoms with van der Waals surface area (Å²) in [7, 11) is 0. The highest BCUT2D eigenvalue weighted by molar-refractivity contribution is 9.11. The van der Waals surface area contributed by atoms with E-state index >= 15 is 0 Å². The minimum absolute atomic E-state index is 0.198. The number of hydrogen-bond acceptors (Lipinski definition) is 1. The van der Waals surface area contributed by atoms with E-state index in [0.717, 1.165) is 17.8 Å². The fourth-order valence-corrected chi connectivity index (χ4v) is 4.79. The lowest BCUT2D eigenvalue weighted by atomic mass is 10.00. The molecule has 2 N–H and O–H groups in total. The second-order valence-electron chi connectivity index (χ2n) is 5.84. The van der Waals surface area contributed by atoms with Crippen LogP contribution in [0, 0.1) is 24.7 Å². The predicted molar refractivity (Wildman–Crippen MR) is 82.4 cm³/mol. The Morgan fingerprint density at radius 3 is 2.33 bits per heavy atom. The van der Waals surface area contributed by atoms with E-state index in [1.807, 2.05) is 0 Å². The van der Waals surface area contributed by atoms with Gasteiger partial charge in [-0.25, -0.2) is 0 Å². The van der Waals surface area contributed by atoms with E-state index in [-0.39, 0.29) is 6.04 Å². The first-order chi connectivity index (χ1) is 8.59. The smallest absolute Gasteiger partial charge is 0.0340 e.